The van der Waals surface area contributed by atoms with Gasteiger partial charge in [0.1, 0.15) is 0 Å². The Balaban J connectivity index is 1.94. The molecule has 3 heteroatoms. The van der Waals surface area contributed by atoms with Crippen molar-refractivity contribution in [3.8, 4) is 0 Å². The molecule has 0 aliphatic heterocycles. The summed E-state index contributed by atoms with van der Waals surface area (Å²) in [7, 11) is 6.01. The van der Waals surface area contributed by atoms with Crippen molar-refractivity contribution in [2.24, 2.45) is 5.10 Å². The van der Waals surface area contributed by atoms with Crippen LogP contribution in [0, 0.1) is 0 Å². The summed E-state index contributed by atoms with van der Waals surface area (Å²) in [6, 6.07) is 18.5. The lowest BCUT2D eigenvalue weighted by Gasteiger charge is -2.12. The van der Waals surface area contributed by atoms with E-state index in [1.165, 1.54) is 5.69 Å². The molecule has 2 aromatic carbocycles. The fraction of sp³-hybridized carbons (Fsp3) is 0.167. The molecule has 0 heterocycles. The summed E-state index contributed by atoms with van der Waals surface area (Å²) < 4.78 is 0. The van der Waals surface area contributed by atoms with Gasteiger partial charge in [-0.1, -0.05) is 36.4 Å². The molecule has 2 rings (SSSR count). The summed E-state index contributed by atoms with van der Waals surface area (Å²) in [4.78, 5) is 2.09. The van der Waals surface area contributed by atoms with E-state index in [0.29, 0.717) is 0 Å². The third-order valence-electron chi connectivity index (χ3n) is 3.15. The van der Waals surface area contributed by atoms with Crippen molar-refractivity contribution in [3.05, 3.63) is 66.2 Å². The van der Waals surface area contributed by atoms with Crippen molar-refractivity contribution in [2.75, 3.05) is 31.1 Å². The van der Waals surface area contributed by atoms with Gasteiger partial charge < -0.3 is 4.90 Å². The lowest BCUT2D eigenvalue weighted by atomic mass is 10.2. The van der Waals surface area contributed by atoms with Crippen molar-refractivity contribution in [1.82, 2.24) is 0 Å². The molecule has 0 amide bonds. The smallest absolute Gasteiger partial charge is 0.0590 e. The van der Waals surface area contributed by atoms with Gasteiger partial charge in [0.15, 0.2) is 0 Å². The fourth-order valence-corrected chi connectivity index (χ4v) is 1.89. The highest BCUT2D eigenvalue weighted by Crippen LogP contribution is 2.13. The minimum Gasteiger partial charge on any atom is -0.378 e. The minimum absolute atomic E-state index is 1.07. The van der Waals surface area contributed by atoms with Gasteiger partial charge in [-0.15, -0.1) is 0 Å². The zero-order valence-corrected chi connectivity index (χ0v) is 12.8. The second kappa shape index (κ2) is 7.29. The molecule has 0 spiro atoms. The van der Waals surface area contributed by atoms with Crippen molar-refractivity contribution >= 4 is 23.7 Å². The molecular weight excluding hydrogens is 258 g/mol. The standard InChI is InChI=1S/C18H21N3/c1-20(2)17-13-11-16(12-14-17)8-7-15-19-21(3)18-9-5-4-6-10-18/h4-15H,1-3H3/b8-7-,19-15+. The first-order chi connectivity index (χ1) is 10.2. The van der Waals surface area contributed by atoms with Crippen LogP contribution >= 0.6 is 0 Å². The second-order valence-electron chi connectivity index (χ2n) is 4.97. The molecular formula is C18H21N3. The van der Waals surface area contributed by atoms with E-state index in [-0.39, 0.29) is 0 Å². The lowest BCUT2D eigenvalue weighted by molar-refractivity contribution is 1.03. The van der Waals surface area contributed by atoms with Gasteiger partial charge in [0, 0.05) is 33.0 Å². The Hall–Kier alpha value is -2.55. The van der Waals surface area contributed by atoms with E-state index in [0.717, 1.165) is 11.3 Å². The predicted octanol–water partition coefficient (Wildman–Crippen LogP) is 3.89. The Kier molecular flexibility index (Phi) is 5.16. The summed E-state index contributed by atoms with van der Waals surface area (Å²) in [5, 5.41) is 6.22. The third-order valence-corrected chi connectivity index (χ3v) is 3.15. The predicted molar refractivity (Wildman–Crippen MR) is 93.1 cm³/mol. The Morgan fingerprint density at radius 1 is 0.810 bits per heavy atom. The highest BCUT2D eigenvalue weighted by molar-refractivity contribution is 5.79. The number of para-hydroxylation sites is 1. The first kappa shape index (κ1) is 14.9. The summed E-state index contributed by atoms with van der Waals surface area (Å²) in [6.45, 7) is 0. The molecule has 0 unspecified atom stereocenters. The first-order valence-electron chi connectivity index (χ1n) is 6.93. The number of hydrogen-bond acceptors (Lipinski definition) is 3. The monoisotopic (exact) mass is 279 g/mol. The quantitative estimate of drug-likeness (QED) is 0.611. The van der Waals surface area contributed by atoms with E-state index in [2.05, 4.69) is 34.3 Å². The zero-order valence-electron chi connectivity index (χ0n) is 12.8. The number of hydrogen-bond donors (Lipinski definition) is 0. The van der Waals surface area contributed by atoms with Crippen molar-refractivity contribution in [2.45, 2.75) is 0 Å². The van der Waals surface area contributed by atoms with Crippen LogP contribution in [0.1, 0.15) is 5.56 Å². The summed E-state index contributed by atoms with van der Waals surface area (Å²) >= 11 is 0. The normalized spacial score (nSPS) is 11.2. The van der Waals surface area contributed by atoms with Gasteiger partial charge in [-0.05, 0) is 35.9 Å². The molecule has 21 heavy (non-hydrogen) atoms. The van der Waals surface area contributed by atoms with Crippen LogP contribution in [0.4, 0.5) is 11.4 Å². The maximum Gasteiger partial charge on any atom is 0.0590 e. The lowest BCUT2D eigenvalue weighted by Crippen LogP contribution is -2.08. The highest BCUT2D eigenvalue weighted by atomic mass is 15.4. The summed E-state index contributed by atoms with van der Waals surface area (Å²) in [5.41, 5.74) is 3.43. The Labute approximate surface area is 126 Å². The van der Waals surface area contributed by atoms with Gasteiger partial charge in [0.2, 0.25) is 0 Å². The van der Waals surface area contributed by atoms with Gasteiger partial charge in [0.05, 0.1) is 5.69 Å². The van der Waals surface area contributed by atoms with Gasteiger partial charge >= 0.3 is 0 Å². The Morgan fingerprint density at radius 3 is 2.10 bits per heavy atom. The number of rotatable bonds is 5. The SMILES string of the molecule is CN(C)c1ccc(/C=C\C=N\N(C)c2ccccc2)cc1. The third kappa shape index (κ3) is 4.49. The molecule has 0 fully saturated rings. The van der Waals surface area contributed by atoms with Crippen LogP contribution in [0.3, 0.4) is 0 Å². The Bertz CT molecular complexity index is 598. The first-order valence-corrected chi connectivity index (χ1v) is 6.93. The average molecular weight is 279 g/mol. The molecule has 0 atom stereocenters. The molecule has 0 radical (unpaired) electrons. The summed E-state index contributed by atoms with van der Waals surface area (Å²) in [5.74, 6) is 0. The van der Waals surface area contributed by atoms with Crippen LogP contribution in [0.2, 0.25) is 0 Å². The van der Waals surface area contributed by atoms with E-state index >= 15 is 0 Å². The maximum absolute atomic E-state index is 4.37. The van der Waals surface area contributed by atoms with E-state index in [1.54, 1.807) is 6.21 Å². The van der Waals surface area contributed by atoms with Gasteiger partial charge in [-0.2, -0.15) is 5.10 Å². The second-order valence-corrected chi connectivity index (χ2v) is 4.97. The number of allylic oxidation sites excluding steroid dienone is 1. The molecule has 3 nitrogen and oxygen atoms in total. The Morgan fingerprint density at radius 2 is 1.48 bits per heavy atom. The maximum atomic E-state index is 4.37. The molecule has 0 aromatic heterocycles. The number of nitrogens with zero attached hydrogens (tertiary/aromatic N) is 3. The van der Waals surface area contributed by atoms with Crippen molar-refractivity contribution < 1.29 is 0 Å². The van der Waals surface area contributed by atoms with E-state index in [4.69, 9.17) is 0 Å². The molecule has 2 aromatic rings. The van der Waals surface area contributed by atoms with Crippen LogP contribution in [0.15, 0.2) is 65.8 Å². The number of hydrazone groups is 1. The van der Waals surface area contributed by atoms with Crippen LogP contribution in [-0.4, -0.2) is 27.4 Å². The van der Waals surface area contributed by atoms with Crippen molar-refractivity contribution in [1.29, 1.82) is 0 Å². The van der Waals surface area contributed by atoms with E-state index < -0.39 is 0 Å². The molecule has 0 saturated carbocycles. The molecule has 0 aliphatic rings. The molecule has 0 aliphatic carbocycles. The van der Waals surface area contributed by atoms with Crippen LogP contribution in [-0.2, 0) is 0 Å². The molecule has 0 bridgehead atoms. The minimum atomic E-state index is 1.07. The summed E-state index contributed by atoms with van der Waals surface area (Å²) in [6.07, 6.45) is 5.79. The highest BCUT2D eigenvalue weighted by Gasteiger charge is 1.94. The number of anilines is 2. The fourth-order valence-electron chi connectivity index (χ4n) is 1.89. The van der Waals surface area contributed by atoms with Gasteiger partial charge in [-0.25, -0.2) is 0 Å². The van der Waals surface area contributed by atoms with Crippen LogP contribution in [0.25, 0.3) is 6.08 Å². The topological polar surface area (TPSA) is 18.8 Å². The molecule has 0 saturated heterocycles. The molecule has 108 valence electrons. The van der Waals surface area contributed by atoms with E-state index in [9.17, 15) is 0 Å². The van der Waals surface area contributed by atoms with Crippen LogP contribution in [0.5, 0.6) is 0 Å². The van der Waals surface area contributed by atoms with Gasteiger partial charge in [0.25, 0.3) is 0 Å². The largest absolute Gasteiger partial charge is 0.378 e. The van der Waals surface area contributed by atoms with Gasteiger partial charge in [-0.3, -0.25) is 5.01 Å². The van der Waals surface area contributed by atoms with Crippen LogP contribution < -0.4 is 9.91 Å². The average Bonchev–Trinajstić information content (AvgIpc) is 2.52. The van der Waals surface area contributed by atoms with Crippen molar-refractivity contribution in [3.63, 3.8) is 0 Å². The zero-order chi connectivity index (χ0) is 15.1. The molecule has 0 N–H and O–H groups in total. The number of benzene rings is 2. The van der Waals surface area contributed by atoms with E-state index in [1.807, 2.05) is 68.6 Å².